The Morgan fingerprint density at radius 2 is 1.79 bits per heavy atom. The molecular weight excluding hydrogens is 291 g/mol. The van der Waals surface area contributed by atoms with Crippen LogP contribution in [0.15, 0.2) is 34.7 Å². The second-order valence-corrected chi connectivity index (χ2v) is 4.37. The van der Waals surface area contributed by atoms with Gasteiger partial charge in [-0.1, -0.05) is 29.3 Å². The van der Waals surface area contributed by atoms with Crippen molar-refractivity contribution in [1.29, 1.82) is 0 Å². The largest absolute Gasteiger partial charge is 0.463 e. The van der Waals surface area contributed by atoms with Crippen LogP contribution in [0.4, 0.5) is 0 Å². The molecular formula is C13H8Cl2O4. The Kier molecular flexibility index (Phi) is 3.93. The molecule has 1 aromatic carbocycles. The van der Waals surface area contributed by atoms with Crippen LogP contribution in [-0.4, -0.2) is 18.9 Å². The maximum Gasteiger partial charge on any atom is 0.373 e. The average molecular weight is 299 g/mol. The molecule has 0 aliphatic heterocycles. The van der Waals surface area contributed by atoms with E-state index in [1.54, 1.807) is 12.1 Å². The van der Waals surface area contributed by atoms with Crippen LogP contribution in [0.25, 0.3) is 0 Å². The first-order chi connectivity index (χ1) is 9.04. The standard InChI is InChI=1S/C13H8Cl2O4/c1-18-13(17)10-6-5-9(19-10)12(16)7-3-2-4-8(14)11(7)15/h2-6H,1H3. The third-order valence-electron chi connectivity index (χ3n) is 2.41. The van der Waals surface area contributed by atoms with Gasteiger partial charge in [0, 0.05) is 5.56 Å². The first-order valence-electron chi connectivity index (χ1n) is 5.21. The van der Waals surface area contributed by atoms with Crippen molar-refractivity contribution >= 4 is 35.0 Å². The van der Waals surface area contributed by atoms with Crippen LogP contribution < -0.4 is 0 Å². The lowest BCUT2D eigenvalue weighted by Crippen LogP contribution is -2.02. The summed E-state index contributed by atoms with van der Waals surface area (Å²) in [7, 11) is 1.22. The molecule has 0 aliphatic carbocycles. The molecule has 0 saturated carbocycles. The van der Waals surface area contributed by atoms with Crippen LogP contribution in [-0.2, 0) is 4.74 Å². The summed E-state index contributed by atoms with van der Waals surface area (Å²) in [5, 5.41) is 0.414. The van der Waals surface area contributed by atoms with Crippen LogP contribution in [0.2, 0.25) is 10.0 Å². The number of esters is 1. The summed E-state index contributed by atoms with van der Waals surface area (Å²) >= 11 is 11.8. The monoisotopic (exact) mass is 298 g/mol. The molecule has 1 aromatic heterocycles. The molecule has 2 rings (SSSR count). The van der Waals surface area contributed by atoms with Gasteiger partial charge in [-0.15, -0.1) is 0 Å². The van der Waals surface area contributed by atoms with E-state index in [0.717, 1.165) is 0 Å². The van der Waals surface area contributed by atoms with E-state index in [4.69, 9.17) is 27.6 Å². The van der Waals surface area contributed by atoms with Gasteiger partial charge in [-0.2, -0.15) is 0 Å². The number of hydrogen-bond acceptors (Lipinski definition) is 4. The van der Waals surface area contributed by atoms with Gasteiger partial charge in [-0.05, 0) is 24.3 Å². The van der Waals surface area contributed by atoms with E-state index in [9.17, 15) is 9.59 Å². The summed E-state index contributed by atoms with van der Waals surface area (Å²) in [6.07, 6.45) is 0. The Morgan fingerprint density at radius 3 is 2.47 bits per heavy atom. The minimum atomic E-state index is -0.656. The molecule has 98 valence electrons. The first kappa shape index (κ1) is 13.6. The van der Waals surface area contributed by atoms with E-state index in [1.165, 1.54) is 25.3 Å². The normalized spacial score (nSPS) is 10.3. The molecule has 0 aliphatic rings. The van der Waals surface area contributed by atoms with Crippen LogP contribution >= 0.6 is 23.2 Å². The number of methoxy groups -OCH3 is 1. The lowest BCUT2D eigenvalue weighted by Gasteiger charge is -2.02. The Bertz CT molecular complexity index is 646. The van der Waals surface area contributed by atoms with Crippen molar-refractivity contribution < 1.29 is 18.7 Å². The molecule has 0 fully saturated rings. The fourth-order valence-corrected chi connectivity index (χ4v) is 1.87. The molecule has 0 atom stereocenters. The lowest BCUT2D eigenvalue weighted by molar-refractivity contribution is 0.0563. The third-order valence-corrected chi connectivity index (χ3v) is 3.23. The first-order valence-corrected chi connectivity index (χ1v) is 5.97. The number of carbonyl (C=O) groups excluding carboxylic acids is 2. The third kappa shape index (κ3) is 2.64. The molecule has 0 spiro atoms. The highest BCUT2D eigenvalue weighted by Gasteiger charge is 2.20. The maximum atomic E-state index is 12.2. The molecule has 1 heterocycles. The van der Waals surface area contributed by atoms with Crippen LogP contribution in [0.3, 0.4) is 0 Å². The zero-order chi connectivity index (χ0) is 14.0. The van der Waals surface area contributed by atoms with Crippen LogP contribution in [0, 0.1) is 0 Å². The van der Waals surface area contributed by atoms with E-state index in [2.05, 4.69) is 4.74 Å². The number of furan rings is 1. The Balaban J connectivity index is 2.37. The molecule has 0 saturated heterocycles. The SMILES string of the molecule is COC(=O)c1ccc(C(=O)c2cccc(Cl)c2Cl)o1. The number of halogens is 2. The van der Waals surface area contributed by atoms with Crippen LogP contribution in [0.5, 0.6) is 0 Å². The maximum absolute atomic E-state index is 12.2. The topological polar surface area (TPSA) is 56.5 Å². The zero-order valence-corrected chi connectivity index (χ0v) is 11.3. The average Bonchev–Trinajstić information content (AvgIpc) is 2.90. The summed E-state index contributed by atoms with van der Waals surface area (Å²) in [6, 6.07) is 7.44. The van der Waals surface area contributed by atoms with E-state index in [0.29, 0.717) is 0 Å². The number of carbonyl (C=O) groups is 2. The van der Waals surface area contributed by atoms with Gasteiger partial charge in [0.1, 0.15) is 0 Å². The summed E-state index contributed by atoms with van der Waals surface area (Å²) in [5.41, 5.74) is 0.208. The second-order valence-electron chi connectivity index (χ2n) is 3.59. The van der Waals surface area contributed by atoms with E-state index >= 15 is 0 Å². The zero-order valence-electron chi connectivity index (χ0n) is 9.78. The van der Waals surface area contributed by atoms with Gasteiger partial charge >= 0.3 is 5.97 Å². The second kappa shape index (κ2) is 5.47. The minimum absolute atomic E-state index is 0.00966. The van der Waals surface area contributed by atoms with Crippen molar-refractivity contribution in [3.63, 3.8) is 0 Å². The fourth-order valence-electron chi connectivity index (χ4n) is 1.48. The van der Waals surface area contributed by atoms with Crippen molar-refractivity contribution in [2.24, 2.45) is 0 Å². The van der Waals surface area contributed by atoms with Crippen molar-refractivity contribution in [3.05, 3.63) is 57.5 Å². The van der Waals surface area contributed by atoms with Crippen molar-refractivity contribution in [2.75, 3.05) is 7.11 Å². The Morgan fingerprint density at radius 1 is 1.11 bits per heavy atom. The minimum Gasteiger partial charge on any atom is -0.463 e. The summed E-state index contributed by atoms with van der Waals surface area (Å²) in [4.78, 5) is 23.4. The van der Waals surface area contributed by atoms with E-state index < -0.39 is 11.8 Å². The molecule has 0 radical (unpaired) electrons. The van der Waals surface area contributed by atoms with Crippen molar-refractivity contribution in [3.8, 4) is 0 Å². The molecule has 0 N–H and O–H groups in total. The van der Waals surface area contributed by atoms with Gasteiger partial charge in [0.25, 0.3) is 0 Å². The van der Waals surface area contributed by atoms with Gasteiger partial charge in [0.05, 0.1) is 17.2 Å². The number of benzene rings is 1. The predicted octanol–water partition coefficient (Wildman–Crippen LogP) is 3.60. The highest BCUT2D eigenvalue weighted by atomic mass is 35.5. The summed E-state index contributed by atoms with van der Waals surface area (Å²) in [5.74, 6) is -1.17. The molecule has 4 nitrogen and oxygen atoms in total. The van der Waals surface area contributed by atoms with Gasteiger partial charge in [-0.3, -0.25) is 4.79 Å². The number of rotatable bonds is 3. The molecule has 0 unspecified atom stereocenters. The molecule has 6 heteroatoms. The lowest BCUT2D eigenvalue weighted by atomic mass is 10.1. The van der Waals surface area contributed by atoms with Crippen molar-refractivity contribution in [2.45, 2.75) is 0 Å². The number of ether oxygens (including phenoxy) is 1. The number of ketones is 1. The van der Waals surface area contributed by atoms with Crippen LogP contribution in [0.1, 0.15) is 26.7 Å². The highest BCUT2D eigenvalue weighted by molar-refractivity contribution is 6.44. The van der Waals surface area contributed by atoms with Gasteiger partial charge in [0.15, 0.2) is 5.76 Å². The predicted molar refractivity (Wildman–Crippen MR) is 69.9 cm³/mol. The summed E-state index contributed by atoms with van der Waals surface area (Å²) < 4.78 is 9.61. The smallest absolute Gasteiger partial charge is 0.373 e. The Labute approximate surface area is 118 Å². The van der Waals surface area contributed by atoms with Crippen molar-refractivity contribution in [1.82, 2.24) is 0 Å². The molecule has 19 heavy (non-hydrogen) atoms. The van der Waals surface area contributed by atoms with E-state index in [1.807, 2.05) is 0 Å². The van der Waals surface area contributed by atoms with Gasteiger partial charge in [-0.25, -0.2) is 4.79 Å². The fraction of sp³-hybridized carbons (Fsp3) is 0.0769. The molecule has 2 aromatic rings. The molecule has 0 bridgehead atoms. The van der Waals surface area contributed by atoms with Gasteiger partial charge in [0.2, 0.25) is 11.5 Å². The quantitative estimate of drug-likeness (QED) is 0.642. The van der Waals surface area contributed by atoms with Gasteiger partial charge < -0.3 is 9.15 Å². The Hall–Kier alpha value is -1.78. The number of hydrogen-bond donors (Lipinski definition) is 0. The molecule has 0 amide bonds. The highest BCUT2D eigenvalue weighted by Crippen LogP contribution is 2.27. The summed E-state index contributed by atoms with van der Waals surface area (Å²) in [6.45, 7) is 0. The van der Waals surface area contributed by atoms with E-state index in [-0.39, 0.29) is 27.1 Å².